The fraction of sp³-hybridized carbons (Fsp3) is 0.308. The van der Waals surface area contributed by atoms with Crippen LogP contribution < -0.4 is 5.32 Å². The van der Waals surface area contributed by atoms with E-state index in [2.05, 4.69) is 11.4 Å². The normalized spacial score (nSPS) is 11.7. The molecule has 0 fully saturated rings. The molecule has 0 atom stereocenters. The molecule has 0 bridgehead atoms. The molecule has 0 aliphatic heterocycles. The van der Waals surface area contributed by atoms with E-state index >= 15 is 0 Å². The van der Waals surface area contributed by atoms with Gasteiger partial charge in [-0.3, -0.25) is 0 Å². The Balaban J connectivity index is 2.04. The minimum absolute atomic E-state index is 0.222. The molecule has 0 radical (unpaired) electrons. The molecule has 1 aromatic heterocycles. The van der Waals surface area contributed by atoms with Crippen LogP contribution in [0, 0.1) is 11.3 Å². The standard InChI is InChI=1S/C13H12F3N3/c14-13(15,16)9-18-5-7-19-6-4-11-10(8-17)2-1-3-12(11)19/h1-4,6,18H,5,7,9H2. The highest BCUT2D eigenvalue weighted by Gasteiger charge is 2.25. The van der Waals surface area contributed by atoms with Gasteiger partial charge in [0.25, 0.3) is 0 Å². The first kappa shape index (κ1) is 13.4. The van der Waals surface area contributed by atoms with Gasteiger partial charge in [0, 0.05) is 30.2 Å². The fourth-order valence-electron chi connectivity index (χ4n) is 1.95. The van der Waals surface area contributed by atoms with Crippen molar-refractivity contribution in [2.75, 3.05) is 13.1 Å². The zero-order valence-electron chi connectivity index (χ0n) is 10.0. The number of fused-ring (bicyclic) bond motifs is 1. The first-order chi connectivity index (χ1) is 9.01. The topological polar surface area (TPSA) is 40.8 Å². The van der Waals surface area contributed by atoms with Gasteiger partial charge in [-0.1, -0.05) is 6.07 Å². The van der Waals surface area contributed by atoms with Crippen LogP contribution in [-0.2, 0) is 6.54 Å². The number of nitrogens with zero attached hydrogens (tertiary/aromatic N) is 2. The minimum Gasteiger partial charge on any atom is -0.346 e. The molecule has 0 saturated carbocycles. The third kappa shape index (κ3) is 3.26. The van der Waals surface area contributed by atoms with Crippen molar-refractivity contribution in [2.45, 2.75) is 12.7 Å². The van der Waals surface area contributed by atoms with E-state index in [1.807, 2.05) is 10.6 Å². The van der Waals surface area contributed by atoms with Crippen LogP contribution in [0.1, 0.15) is 5.56 Å². The Morgan fingerprint density at radius 3 is 2.74 bits per heavy atom. The number of rotatable bonds is 4. The minimum atomic E-state index is -4.19. The van der Waals surface area contributed by atoms with Crippen molar-refractivity contribution in [2.24, 2.45) is 0 Å². The molecule has 2 aromatic rings. The molecule has 3 nitrogen and oxygen atoms in total. The van der Waals surface area contributed by atoms with Crippen LogP contribution in [0.15, 0.2) is 30.5 Å². The summed E-state index contributed by atoms with van der Waals surface area (Å²) in [6, 6.07) is 9.22. The smallest absolute Gasteiger partial charge is 0.346 e. The molecule has 0 unspecified atom stereocenters. The monoisotopic (exact) mass is 267 g/mol. The molecule has 19 heavy (non-hydrogen) atoms. The lowest BCUT2D eigenvalue weighted by molar-refractivity contribution is -0.124. The first-order valence-corrected chi connectivity index (χ1v) is 5.77. The van der Waals surface area contributed by atoms with E-state index in [9.17, 15) is 13.2 Å². The predicted molar refractivity (Wildman–Crippen MR) is 65.6 cm³/mol. The average molecular weight is 267 g/mol. The lowest BCUT2D eigenvalue weighted by atomic mass is 10.1. The molecule has 1 N–H and O–H groups in total. The van der Waals surface area contributed by atoms with Gasteiger partial charge in [-0.15, -0.1) is 0 Å². The molecular formula is C13H12F3N3. The van der Waals surface area contributed by atoms with E-state index in [0.717, 1.165) is 10.9 Å². The van der Waals surface area contributed by atoms with E-state index in [4.69, 9.17) is 5.26 Å². The number of alkyl halides is 3. The highest BCUT2D eigenvalue weighted by Crippen LogP contribution is 2.19. The zero-order valence-corrected chi connectivity index (χ0v) is 10.0. The highest BCUT2D eigenvalue weighted by atomic mass is 19.4. The summed E-state index contributed by atoms with van der Waals surface area (Å²) in [5.74, 6) is 0. The Morgan fingerprint density at radius 2 is 2.05 bits per heavy atom. The Morgan fingerprint density at radius 1 is 1.26 bits per heavy atom. The summed E-state index contributed by atoms with van der Waals surface area (Å²) in [6.45, 7) is -0.343. The summed E-state index contributed by atoms with van der Waals surface area (Å²) in [5, 5.41) is 12.1. The van der Waals surface area contributed by atoms with Crippen molar-refractivity contribution in [3.63, 3.8) is 0 Å². The molecular weight excluding hydrogens is 255 g/mol. The van der Waals surface area contributed by atoms with Gasteiger partial charge in [0.1, 0.15) is 0 Å². The fourth-order valence-corrected chi connectivity index (χ4v) is 1.95. The van der Waals surface area contributed by atoms with Gasteiger partial charge >= 0.3 is 6.18 Å². The number of benzene rings is 1. The average Bonchev–Trinajstić information content (AvgIpc) is 2.76. The maximum Gasteiger partial charge on any atom is 0.401 e. The van der Waals surface area contributed by atoms with Crippen molar-refractivity contribution >= 4 is 10.9 Å². The van der Waals surface area contributed by atoms with E-state index in [-0.39, 0.29) is 6.54 Å². The van der Waals surface area contributed by atoms with Crippen LogP contribution in [0.3, 0.4) is 0 Å². The lowest BCUT2D eigenvalue weighted by Gasteiger charge is -2.09. The van der Waals surface area contributed by atoms with Gasteiger partial charge in [-0.2, -0.15) is 18.4 Å². The van der Waals surface area contributed by atoms with Gasteiger partial charge in [0.2, 0.25) is 0 Å². The van der Waals surface area contributed by atoms with Gasteiger partial charge in [0.15, 0.2) is 0 Å². The van der Waals surface area contributed by atoms with Crippen LogP contribution >= 0.6 is 0 Å². The zero-order chi connectivity index (χ0) is 13.9. The van der Waals surface area contributed by atoms with Crippen molar-refractivity contribution in [3.8, 4) is 6.07 Å². The van der Waals surface area contributed by atoms with Crippen molar-refractivity contribution in [1.82, 2.24) is 9.88 Å². The molecule has 2 rings (SSSR count). The lowest BCUT2D eigenvalue weighted by Crippen LogP contribution is -2.31. The van der Waals surface area contributed by atoms with E-state index in [1.165, 1.54) is 0 Å². The molecule has 0 aliphatic rings. The predicted octanol–water partition coefficient (Wildman–Crippen LogP) is 2.66. The van der Waals surface area contributed by atoms with Crippen LogP contribution in [-0.4, -0.2) is 23.8 Å². The number of halogens is 3. The molecule has 1 heterocycles. The van der Waals surface area contributed by atoms with Crippen LogP contribution in [0.4, 0.5) is 13.2 Å². The van der Waals surface area contributed by atoms with Gasteiger partial charge in [-0.25, -0.2) is 0 Å². The number of hydrogen-bond donors (Lipinski definition) is 1. The maximum absolute atomic E-state index is 12.0. The molecule has 1 aromatic carbocycles. The first-order valence-electron chi connectivity index (χ1n) is 5.77. The van der Waals surface area contributed by atoms with Crippen molar-refractivity contribution in [3.05, 3.63) is 36.0 Å². The van der Waals surface area contributed by atoms with Crippen LogP contribution in [0.25, 0.3) is 10.9 Å². The Labute approximate surface area is 108 Å². The Bertz CT molecular complexity index is 608. The third-order valence-corrected chi connectivity index (χ3v) is 2.79. The maximum atomic E-state index is 12.0. The SMILES string of the molecule is N#Cc1cccc2c1ccn2CCNCC(F)(F)F. The van der Waals surface area contributed by atoms with E-state index in [1.54, 1.807) is 24.4 Å². The van der Waals surface area contributed by atoms with Gasteiger partial charge in [0.05, 0.1) is 18.2 Å². The molecule has 0 saturated heterocycles. The molecule has 100 valence electrons. The van der Waals surface area contributed by atoms with Gasteiger partial charge in [-0.05, 0) is 18.2 Å². The number of nitrogens with one attached hydrogen (secondary N) is 1. The number of hydrogen-bond acceptors (Lipinski definition) is 2. The van der Waals surface area contributed by atoms with E-state index in [0.29, 0.717) is 12.1 Å². The second kappa shape index (κ2) is 5.33. The summed E-state index contributed by atoms with van der Waals surface area (Å²) >= 11 is 0. The Hall–Kier alpha value is -2.00. The van der Waals surface area contributed by atoms with Crippen LogP contribution in [0.2, 0.25) is 0 Å². The molecule has 6 heteroatoms. The molecule has 0 amide bonds. The number of aromatic nitrogens is 1. The summed E-state index contributed by atoms with van der Waals surface area (Å²) in [5.41, 5.74) is 1.42. The van der Waals surface area contributed by atoms with E-state index < -0.39 is 12.7 Å². The molecule has 0 aliphatic carbocycles. The second-order valence-electron chi connectivity index (χ2n) is 4.15. The van der Waals surface area contributed by atoms with Crippen LogP contribution in [0.5, 0.6) is 0 Å². The van der Waals surface area contributed by atoms with Gasteiger partial charge < -0.3 is 9.88 Å². The number of nitriles is 1. The van der Waals surface area contributed by atoms with Crippen molar-refractivity contribution in [1.29, 1.82) is 5.26 Å². The second-order valence-corrected chi connectivity index (χ2v) is 4.15. The molecule has 0 spiro atoms. The summed E-state index contributed by atoms with van der Waals surface area (Å²) in [4.78, 5) is 0. The quantitative estimate of drug-likeness (QED) is 0.865. The summed E-state index contributed by atoms with van der Waals surface area (Å²) < 4.78 is 37.7. The third-order valence-electron chi connectivity index (χ3n) is 2.79. The Kier molecular flexibility index (Phi) is 3.76. The summed E-state index contributed by atoms with van der Waals surface area (Å²) in [7, 11) is 0. The summed E-state index contributed by atoms with van der Waals surface area (Å²) in [6.07, 6.45) is -2.41. The largest absolute Gasteiger partial charge is 0.401 e. The van der Waals surface area contributed by atoms with Crippen molar-refractivity contribution < 1.29 is 13.2 Å². The highest BCUT2D eigenvalue weighted by molar-refractivity contribution is 5.85.